The Hall–Kier alpha value is -3.77. The van der Waals surface area contributed by atoms with Crippen molar-refractivity contribution < 1.29 is 4.79 Å². The predicted octanol–water partition coefficient (Wildman–Crippen LogP) is 4.69. The third kappa shape index (κ3) is 4.92. The van der Waals surface area contributed by atoms with Crippen molar-refractivity contribution in [2.45, 2.75) is 32.4 Å². The van der Waals surface area contributed by atoms with E-state index in [1.807, 2.05) is 60.7 Å². The molecule has 172 valence electrons. The minimum absolute atomic E-state index is 0.0692. The fourth-order valence-electron chi connectivity index (χ4n) is 4.54. The van der Waals surface area contributed by atoms with Crippen molar-refractivity contribution in [2.75, 3.05) is 18.4 Å². The number of amides is 1. The van der Waals surface area contributed by atoms with Gasteiger partial charge in [0.25, 0.3) is 5.56 Å². The number of likely N-dealkylation sites (tertiary alicyclic amines) is 1. The Labute approximate surface area is 198 Å². The van der Waals surface area contributed by atoms with E-state index in [4.69, 9.17) is 4.98 Å². The number of rotatable bonds is 6. The molecule has 1 saturated heterocycles. The summed E-state index contributed by atoms with van der Waals surface area (Å²) in [5.74, 6) is 0.395. The molecule has 0 aliphatic carbocycles. The molecule has 1 fully saturated rings. The Morgan fingerprint density at radius 1 is 0.824 bits per heavy atom. The van der Waals surface area contributed by atoms with Crippen molar-refractivity contribution in [1.29, 1.82) is 0 Å². The minimum atomic E-state index is -0.244. The molecule has 1 amide bonds. The van der Waals surface area contributed by atoms with Gasteiger partial charge in [-0.25, -0.2) is 4.98 Å². The van der Waals surface area contributed by atoms with Crippen molar-refractivity contribution in [2.24, 2.45) is 0 Å². The van der Waals surface area contributed by atoms with E-state index in [0.717, 1.165) is 37.1 Å². The number of anilines is 1. The Morgan fingerprint density at radius 2 is 1.50 bits per heavy atom. The smallest absolute Gasteiger partial charge is 0.261 e. The summed E-state index contributed by atoms with van der Waals surface area (Å²) in [6, 6.07) is 25.2. The second kappa shape index (κ2) is 10.0. The fourth-order valence-corrected chi connectivity index (χ4v) is 4.54. The molecule has 5 rings (SSSR count). The lowest BCUT2D eigenvalue weighted by Crippen LogP contribution is -2.36. The minimum Gasteiger partial charge on any atom is -0.325 e. The van der Waals surface area contributed by atoms with Crippen LogP contribution in [0.4, 0.5) is 5.69 Å². The number of piperidine rings is 1. The highest BCUT2D eigenvalue weighted by Gasteiger charge is 2.18. The zero-order valence-corrected chi connectivity index (χ0v) is 19.1. The molecule has 34 heavy (non-hydrogen) atoms. The fraction of sp³-hybridized carbons (Fsp3) is 0.250. The van der Waals surface area contributed by atoms with E-state index in [-0.39, 0.29) is 18.0 Å². The van der Waals surface area contributed by atoms with E-state index in [1.165, 1.54) is 11.0 Å². The maximum Gasteiger partial charge on any atom is 0.261 e. The summed E-state index contributed by atoms with van der Waals surface area (Å²) < 4.78 is 1.53. The van der Waals surface area contributed by atoms with Gasteiger partial charge in [0.05, 0.1) is 17.4 Å². The molecular weight excluding hydrogens is 424 g/mol. The van der Waals surface area contributed by atoms with Crippen molar-refractivity contribution in [3.63, 3.8) is 0 Å². The standard InChI is InChI=1S/C28H28N4O2/c33-27(29-23-15-13-22(14-16-23)21-9-3-1-4-10-21)20-32-26(19-31-17-7-2-8-18-31)30-25-12-6-5-11-24(25)28(32)34/h1,3-6,9-16H,2,7-8,17-20H2,(H,29,33). The number of benzene rings is 3. The van der Waals surface area contributed by atoms with Gasteiger partial charge < -0.3 is 5.32 Å². The number of nitrogens with zero attached hydrogens (tertiary/aromatic N) is 3. The van der Waals surface area contributed by atoms with Gasteiger partial charge in [0.15, 0.2) is 0 Å². The molecule has 0 atom stereocenters. The highest BCUT2D eigenvalue weighted by Crippen LogP contribution is 2.21. The van der Waals surface area contributed by atoms with Crippen LogP contribution < -0.4 is 10.9 Å². The van der Waals surface area contributed by atoms with Crippen LogP contribution in [0.15, 0.2) is 83.7 Å². The summed E-state index contributed by atoms with van der Waals surface area (Å²) in [5, 5.41) is 3.47. The second-order valence-electron chi connectivity index (χ2n) is 8.76. The van der Waals surface area contributed by atoms with E-state index >= 15 is 0 Å². The highest BCUT2D eigenvalue weighted by atomic mass is 16.2. The van der Waals surface area contributed by atoms with E-state index in [2.05, 4.69) is 22.3 Å². The van der Waals surface area contributed by atoms with Gasteiger partial charge in [-0.15, -0.1) is 0 Å². The van der Waals surface area contributed by atoms with Gasteiger partial charge in [-0.1, -0.05) is 61.0 Å². The number of para-hydroxylation sites is 1. The molecule has 6 heteroatoms. The second-order valence-corrected chi connectivity index (χ2v) is 8.76. The largest absolute Gasteiger partial charge is 0.325 e. The quantitative estimate of drug-likeness (QED) is 0.461. The molecule has 0 spiro atoms. The number of carbonyl (C=O) groups excluding carboxylic acids is 1. The average molecular weight is 453 g/mol. The van der Waals surface area contributed by atoms with Gasteiger partial charge >= 0.3 is 0 Å². The topological polar surface area (TPSA) is 67.2 Å². The van der Waals surface area contributed by atoms with Crippen LogP contribution in [-0.2, 0) is 17.9 Å². The molecule has 0 saturated carbocycles. The Bertz CT molecular complexity index is 1340. The van der Waals surface area contributed by atoms with Gasteiger partial charge in [0.1, 0.15) is 12.4 Å². The van der Waals surface area contributed by atoms with Crippen LogP contribution in [0.5, 0.6) is 0 Å². The Morgan fingerprint density at radius 3 is 2.26 bits per heavy atom. The first-order valence-corrected chi connectivity index (χ1v) is 11.8. The third-order valence-electron chi connectivity index (χ3n) is 6.33. The van der Waals surface area contributed by atoms with Crippen molar-refractivity contribution in [1.82, 2.24) is 14.5 Å². The number of aromatic nitrogens is 2. The van der Waals surface area contributed by atoms with E-state index in [0.29, 0.717) is 29.0 Å². The van der Waals surface area contributed by atoms with Crippen LogP contribution in [0, 0.1) is 0 Å². The molecular formula is C28H28N4O2. The third-order valence-corrected chi connectivity index (χ3v) is 6.33. The van der Waals surface area contributed by atoms with Crippen LogP contribution in [0.2, 0.25) is 0 Å². The number of hydrogen-bond donors (Lipinski definition) is 1. The number of carbonyl (C=O) groups is 1. The van der Waals surface area contributed by atoms with Crippen molar-refractivity contribution >= 4 is 22.5 Å². The molecule has 1 aromatic heterocycles. The molecule has 6 nitrogen and oxygen atoms in total. The average Bonchev–Trinajstić information content (AvgIpc) is 2.88. The molecule has 0 radical (unpaired) electrons. The van der Waals surface area contributed by atoms with Crippen LogP contribution >= 0.6 is 0 Å². The van der Waals surface area contributed by atoms with E-state index in [1.54, 1.807) is 6.07 Å². The van der Waals surface area contributed by atoms with E-state index < -0.39 is 0 Å². The normalized spacial score (nSPS) is 14.2. The van der Waals surface area contributed by atoms with Crippen LogP contribution in [0.1, 0.15) is 25.1 Å². The van der Waals surface area contributed by atoms with Gasteiger partial charge in [0.2, 0.25) is 5.91 Å². The van der Waals surface area contributed by atoms with E-state index in [9.17, 15) is 9.59 Å². The van der Waals surface area contributed by atoms with Crippen LogP contribution in [0.25, 0.3) is 22.0 Å². The molecule has 1 aliphatic rings. The van der Waals surface area contributed by atoms with Gasteiger partial charge in [-0.05, 0) is 61.3 Å². The summed E-state index contributed by atoms with van der Waals surface area (Å²) in [5.41, 5.74) is 3.40. The van der Waals surface area contributed by atoms with Gasteiger partial charge in [-0.2, -0.15) is 0 Å². The first kappa shape index (κ1) is 22.0. The molecule has 1 aliphatic heterocycles. The van der Waals surface area contributed by atoms with Crippen molar-refractivity contribution in [3.05, 3.63) is 95.0 Å². The van der Waals surface area contributed by atoms with Gasteiger partial charge in [-0.3, -0.25) is 19.1 Å². The Balaban J connectivity index is 1.37. The molecule has 3 aromatic carbocycles. The van der Waals surface area contributed by atoms with Crippen molar-refractivity contribution in [3.8, 4) is 11.1 Å². The summed E-state index contributed by atoms with van der Waals surface area (Å²) in [7, 11) is 0. The van der Waals surface area contributed by atoms with Crippen LogP contribution in [0.3, 0.4) is 0 Å². The molecule has 2 heterocycles. The number of nitrogens with one attached hydrogen (secondary N) is 1. The van der Waals surface area contributed by atoms with Gasteiger partial charge in [0, 0.05) is 5.69 Å². The Kier molecular flexibility index (Phi) is 6.49. The first-order valence-electron chi connectivity index (χ1n) is 11.8. The SMILES string of the molecule is O=C(Cn1c(CN2CCCCC2)nc2ccccc2c1=O)Nc1ccc(-c2ccccc2)cc1. The first-order chi connectivity index (χ1) is 16.7. The highest BCUT2D eigenvalue weighted by molar-refractivity contribution is 5.91. The lowest BCUT2D eigenvalue weighted by atomic mass is 10.1. The number of fused-ring (bicyclic) bond motifs is 1. The lowest BCUT2D eigenvalue weighted by molar-refractivity contribution is -0.116. The maximum atomic E-state index is 13.3. The zero-order valence-electron chi connectivity index (χ0n) is 19.1. The summed E-state index contributed by atoms with van der Waals surface area (Å²) >= 11 is 0. The summed E-state index contributed by atoms with van der Waals surface area (Å²) in [6.07, 6.45) is 3.54. The molecule has 0 bridgehead atoms. The molecule has 1 N–H and O–H groups in total. The lowest BCUT2D eigenvalue weighted by Gasteiger charge is -2.27. The monoisotopic (exact) mass is 452 g/mol. The summed E-state index contributed by atoms with van der Waals surface area (Å²) in [6.45, 7) is 2.48. The molecule has 4 aromatic rings. The van der Waals surface area contributed by atoms with Crippen LogP contribution in [-0.4, -0.2) is 33.4 Å². The maximum absolute atomic E-state index is 13.3. The molecule has 0 unspecified atom stereocenters. The number of hydrogen-bond acceptors (Lipinski definition) is 4. The predicted molar refractivity (Wildman–Crippen MR) is 136 cm³/mol. The summed E-state index contributed by atoms with van der Waals surface area (Å²) in [4.78, 5) is 33.4. The zero-order chi connectivity index (χ0) is 23.3.